The number of hydrogen-bond donors (Lipinski definition) is 2. The Kier molecular flexibility index (Phi) is 8.11. The van der Waals surface area contributed by atoms with Crippen LogP contribution in [-0.2, 0) is 26.2 Å². The summed E-state index contributed by atoms with van der Waals surface area (Å²) in [5.41, 5.74) is 0. The van der Waals surface area contributed by atoms with Gasteiger partial charge in [-0.3, -0.25) is 9.59 Å². The Balaban J connectivity index is 1.62. The average Bonchev–Trinajstić information content (AvgIpc) is 3.29. The summed E-state index contributed by atoms with van der Waals surface area (Å²) in [4.78, 5) is 26.9. The topological polar surface area (TPSA) is 109 Å². The summed E-state index contributed by atoms with van der Waals surface area (Å²) in [7, 11) is -3.87. The lowest BCUT2D eigenvalue weighted by Gasteiger charge is -2.34. The van der Waals surface area contributed by atoms with Gasteiger partial charge in [0.1, 0.15) is 5.76 Å². The van der Waals surface area contributed by atoms with E-state index in [2.05, 4.69) is 10.0 Å². The average molecular weight is 468 g/mol. The van der Waals surface area contributed by atoms with E-state index in [4.69, 9.17) is 16.0 Å². The third-order valence-corrected chi connectivity index (χ3v) is 6.90. The molecule has 1 fully saturated rings. The molecule has 1 saturated carbocycles. The molecular weight excluding hydrogens is 442 g/mol. The highest BCUT2D eigenvalue weighted by Crippen LogP contribution is 2.23. The van der Waals surface area contributed by atoms with E-state index >= 15 is 0 Å². The van der Waals surface area contributed by atoms with Crippen LogP contribution in [-0.4, -0.2) is 44.3 Å². The fourth-order valence-electron chi connectivity index (χ4n) is 3.58. The highest BCUT2D eigenvalue weighted by Gasteiger charge is 2.28. The van der Waals surface area contributed by atoms with E-state index in [-0.39, 0.29) is 29.9 Å². The first-order valence-electron chi connectivity index (χ1n) is 10.2. The van der Waals surface area contributed by atoms with Crippen LogP contribution in [0.2, 0.25) is 5.02 Å². The number of furan rings is 1. The monoisotopic (exact) mass is 467 g/mol. The van der Waals surface area contributed by atoms with Gasteiger partial charge in [0.25, 0.3) is 0 Å². The second kappa shape index (κ2) is 10.8. The first-order valence-corrected chi connectivity index (χ1v) is 12.0. The van der Waals surface area contributed by atoms with Crippen molar-refractivity contribution in [3.05, 3.63) is 53.4 Å². The van der Waals surface area contributed by atoms with Crippen molar-refractivity contribution in [1.29, 1.82) is 0 Å². The van der Waals surface area contributed by atoms with Crippen molar-refractivity contribution >= 4 is 33.4 Å². The molecular formula is C21H26ClN3O5S. The summed E-state index contributed by atoms with van der Waals surface area (Å²) in [6, 6.07) is 9.06. The van der Waals surface area contributed by atoms with Crippen molar-refractivity contribution < 1.29 is 22.4 Å². The number of carbonyl (C=O) groups excluding carboxylic acids is 2. The maximum atomic E-state index is 12.9. The van der Waals surface area contributed by atoms with Gasteiger partial charge in [0.2, 0.25) is 21.8 Å². The van der Waals surface area contributed by atoms with Crippen molar-refractivity contribution in [3.8, 4) is 0 Å². The fourth-order valence-corrected chi connectivity index (χ4v) is 4.68. The molecule has 2 N–H and O–H groups in total. The number of nitrogens with one attached hydrogen (secondary N) is 2. The summed E-state index contributed by atoms with van der Waals surface area (Å²) in [5, 5.41) is 3.15. The molecule has 1 heterocycles. The second-order valence-electron chi connectivity index (χ2n) is 7.45. The van der Waals surface area contributed by atoms with Gasteiger partial charge in [0, 0.05) is 11.1 Å². The molecule has 0 spiro atoms. The molecule has 0 unspecified atom stereocenters. The summed E-state index contributed by atoms with van der Waals surface area (Å²) >= 11 is 5.80. The van der Waals surface area contributed by atoms with Crippen molar-refractivity contribution in [1.82, 2.24) is 14.9 Å². The molecule has 1 aliphatic rings. The van der Waals surface area contributed by atoms with Gasteiger partial charge >= 0.3 is 0 Å². The molecule has 0 bridgehead atoms. The molecule has 0 saturated heterocycles. The maximum Gasteiger partial charge on any atom is 0.241 e. The summed E-state index contributed by atoms with van der Waals surface area (Å²) in [6.07, 6.45) is 6.14. The van der Waals surface area contributed by atoms with Gasteiger partial charge < -0.3 is 14.6 Å². The molecule has 0 radical (unpaired) electrons. The normalized spacial score (nSPS) is 14.9. The van der Waals surface area contributed by atoms with E-state index in [0.717, 1.165) is 32.1 Å². The van der Waals surface area contributed by atoms with Crippen LogP contribution < -0.4 is 10.0 Å². The predicted octanol–water partition coefficient (Wildman–Crippen LogP) is 2.69. The van der Waals surface area contributed by atoms with E-state index < -0.39 is 22.5 Å². The molecule has 0 atom stereocenters. The van der Waals surface area contributed by atoms with Gasteiger partial charge in [-0.2, -0.15) is 0 Å². The zero-order chi connectivity index (χ0) is 22.3. The fraction of sp³-hybridized carbons (Fsp3) is 0.429. The predicted molar refractivity (Wildman–Crippen MR) is 116 cm³/mol. The molecule has 10 heteroatoms. The lowest BCUT2D eigenvalue weighted by atomic mass is 9.94. The number of halogens is 1. The summed E-state index contributed by atoms with van der Waals surface area (Å²) in [6.45, 7) is -0.332. The molecule has 168 valence electrons. The first-order chi connectivity index (χ1) is 14.8. The van der Waals surface area contributed by atoms with E-state index in [0.29, 0.717) is 10.8 Å². The van der Waals surface area contributed by atoms with E-state index in [1.807, 2.05) is 0 Å². The Morgan fingerprint density at radius 2 is 1.81 bits per heavy atom. The lowest BCUT2D eigenvalue weighted by molar-refractivity contribution is -0.138. The van der Waals surface area contributed by atoms with Crippen LogP contribution in [0.1, 0.15) is 37.9 Å². The molecule has 3 rings (SSSR count). The van der Waals surface area contributed by atoms with Crippen molar-refractivity contribution in [2.45, 2.75) is 49.6 Å². The largest absolute Gasteiger partial charge is 0.467 e. The van der Waals surface area contributed by atoms with Crippen LogP contribution >= 0.6 is 11.6 Å². The van der Waals surface area contributed by atoms with Crippen molar-refractivity contribution in [2.75, 3.05) is 13.1 Å². The van der Waals surface area contributed by atoms with Gasteiger partial charge in [0.15, 0.2) is 0 Å². The van der Waals surface area contributed by atoms with E-state index in [9.17, 15) is 18.0 Å². The zero-order valence-corrected chi connectivity index (χ0v) is 18.6. The minimum absolute atomic E-state index is 0.0186. The molecule has 2 aromatic rings. The Labute approximate surface area is 187 Å². The van der Waals surface area contributed by atoms with Crippen LogP contribution in [0.4, 0.5) is 0 Å². The summed E-state index contributed by atoms with van der Waals surface area (Å²) < 4.78 is 32.5. The highest BCUT2D eigenvalue weighted by atomic mass is 35.5. The quantitative estimate of drug-likeness (QED) is 0.589. The van der Waals surface area contributed by atoms with Gasteiger partial charge in [-0.1, -0.05) is 30.9 Å². The molecule has 0 aliphatic heterocycles. The highest BCUT2D eigenvalue weighted by molar-refractivity contribution is 7.89. The van der Waals surface area contributed by atoms with Crippen LogP contribution in [0.25, 0.3) is 0 Å². The smallest absolute Gasteiger partial charge is 0.241 e. The van der Waals surface area contributed by atoms with Gasteiger partial charge in [-0.15, -0.1) is 0 Å². The molecule has 1 aliphatic carbocycles. The third-order valence-electron chi connectivity index (χ3n) is 5.23. The Bertz CT molecular complexity index is 971. The number of sulfonamides is 1. The van der Waals surface area contributed by atoms with Crippen molar-refractivity contribution in [3.63, 3.8) is 0 Å². The number of carbonyl (C=O) groups is 2. The molecule has 1 aromatic heterocycles. The number of amides is 2. The molecule has 31 heavy (non-hydrogen) atoms. The minimum Gasteiger partial charge on any atom is -0.467 e. The minimum atomic E-state index is -3.87. The lowest BCUT2D eigenvalue weighted by Crippen LogP contribution is -2.50. The number of nitrogens with zero attached hydrogens (tertiary/aromatic N) is 1. The number of benzene rings is 1. The van der Waals surface area contributed by atoms with Crippen LogP contribution in [0, 0.1) is 0 Å². The maximum absolute atomic E-state index is 12.9. The van der Waals surface area contributed by atoms with E-state index in [1.54, 1.807) is 12.1 Å². The standard InChI is InChI=1S/C21H26ClN3O5S/c22-16-8-10-19(11-9-16)31(28,29)24-14-21(27)25(17-5-2-1-3-6-17)15-20(26)23-13-18-7-4-12-30-18/h4,7-12,17,24H,1-3,5-6,13-15H2,(H,23,26). The number of rotatable bonds is 9. The Morgan fingerprint density at radius 1 is 1.10 bits per heavy atom. The Morgan fingerprint density at radius 3 is 2.45 bits per heavy atom. The SMILES string of the molecule is O=C(CN(C(=O)CNS(=O)(=O)c1ccc(Cl)cc1)C1CCCCC1)NCc1ccco1. The van der Waals surface area contributed by atoms with Crippen LogP contribution in [0.3, 0.4) is 0 Å². The first kappa shape index (κ1) is 23.3. The molecule has 8 nitrogen and oxygen atoms in total. The molecule has 2 amide bonds. The van der Waals surface area contributed by atoms with E-state index in [1.165, 1.54) is 35.4 Å². The van der Waals surface area contributed by atoms with Crippen molar-refractivity contribution in [2.24, 2.45) is 0 Å². The Hall–Kier alpha value is -2.36. The third kappa shape index (κ3) is 6.81. The van der Waals surface area contributed by atoms with Gasteiger partial charge in [-0.25, -0.2) is 13.1 Å². The number of hydrogen-bond acceptors (Lipinski definition) is 5. The second-order valence-corrected chi connectivity index (χ2v) is 9.65. The summed E-state index contributed by atoms with van der Waals surface area (Å²) in [5.74, 6) is -0.145. The van der Waals surface area contributed by atoms with Crippen LogP contribution in [0.15, 0.2) is 52.0 Å². The zero-order valence-electron chi connectivity index (χ0n) is 17.1. The molecule has 1 aromatic carbocycles. The van der Waals surface area contributed by atoms with Crippen LogP contribution in [0.5, 0.6) is 0 Å². The van der Waals surface area contributed by atoms with Gasteiger partial charge in [0.05, 0.1) is 30.8 Å². The van der Waals surface area contributed by atoms with Gasteiger partial charge in [-0.05, 0) is 49.2 Å².